The summed E-state index contributed by atoms with van der Waals surface area (Å²) in [6, 6.07) is 18.2. The van der Waals surface area contributed by atoms with Crippen molar-refractivity contribution in [2.24, 2.45) is 0 Å². The smallest absolute Gasteiger partial charge is 0.211 e. The number of nitrogens with zero attached hydrogens (tertiary/aromatic N) is 3. The van der Waals surface area contributed by atoms with Gasteiger partial charge in [-0.2, -0.15) is 0 Å². The Hall–Kier alpha value is -3.80. The van der Waals surface area contributed by atoms with Crippen LogP contribution in [0.15, 0.2) is 77.6 Å². The third kappa shape index (κ3) is 3.59. The van der Waals surface area contributed by atoms with Crippen LogP contribution in [0.4, 0.5) is 5.82 Å². The second-order valence-corrected chi connectivity index (χ2v) is 6.04. The van der Waals surface area contributed by atoms with Crippen molar-refractivity contribution in [1.82, 2.24) is 15.1 Å². The fraction of sp³-hybridized carbons (Fsp3) is 0.0476. The lowest BCUT2D eigenvalue weighted by Crippen LogP contribution is -2.03. The van der Waals surface area contributed by atoms with E-state index >= 15 is 0 Å². The van der Waals surface area contributed by atoms with Crippen LogP contribution >= 0.6 is 0 Å². The Labute approximate surface area is 155 Å². The molecule has 0 fully saturated rings. The summed E-state index contributed by atoms with van der Waals surface area (Å²) in [6.07, 6.45) is 3.82. The highest BCUT2D eigenvalue weighted by molar-refractivity contribution is 6.07. The van der Waals surface area contributed by atoms with Gasteiger partial charge >= 0.3 is 0 Å². The van der Waals surface area contributed by atoms with E-state index in [0.29, 0.717) is 34.8 Å². The van der Waals surface area contributed by atoms with Crippen LogP contribution in [0, 0.1) is 0 Å². The molecule has 27 heavy (non-hydrogen) atoms. The number of rotatable bonds is 5. The number of pyridine rings is 2. The summed E-state index contributed by atoms with van der Waals surface area (Å²) in [4.78, 5) is 20.5. The predicted octanol–water partition coefficient (Wildman–Crippen LogP) is 3.54. The minimum atomic E-state index is -0.0991. The van der Waals surface area contributed by atoms with Crippen molar-refractivity contribution in [2.45, 2.75) is 6.42 Å². The molecule has 0 bridgehead atoms. The Morgan fingerprint density at radius 3 is 2.52 bits per heavy atom. The van der Waals surface area contributed by atoms with Gasteiger partial charge in [-0.25, -0.2) is 4.98 Å². The number of anilines is 1. The van der Waals surface area contributed by atoms with E-state index < -0.39 is 0 Å². The van der Waals surface area contributed by atoms with Crippen molar-refractivity contribution >= 4 is 11.6 Å². The molecule has 3 aromatic heterocycles. The van der Waals surface area contributed by atoms with E-state index in [1.807, 2.05) is 24.3 Å². The molecule has 3 heterocycles. The standard InChI is InChI=1S/C21H16N4O2/c22-21-17(4-3-11-24-21)19-13-16(25-27-19)12-14-6-8-15(9-7-14)20(26)18-5-1-2-10-23-18/h1-11,13H,12H2,(H2,22,24). The van der Waals surface area contributed by atoms with Crippen LogP contribution in [0.5, 0.6) is 0 Å². The second kappa shape index (κ2) is 7.21. The van der Waals surface area contributed by atoms with Gasteiger partial charge in [0.2, 0.25) is 5.78 Å². The Kier molecular flexibility index (Phi) is 4.45. The molecule has 0 amide bonds. The molecule has 6 nitrogen and oxygen atoms in total. The Balaban J connectivity index is 1.50. The van der Waals surface area contributed by atoms with Crippen LogP contribution < -0.4 is 5.73 Å². The van der Waals surface area contributed by atoms with Crippen LogP contribution in [-0.4, -0.2) is 20.9 Å². The number of hydrogen-bond donors (Lipinski definition) is 1. The highest BCUT2D eigenvalue weighted by Crippen LogP contribution is 2.25. The number of benzene rings is 1. The van der Waals surface area contributed by atoms with Gasteiger partial charge in [0.1, 0.15) is 11.5 Å². The number of carbonyl (C=O) groups excluding carboxylic acids is 1. The summed E-state index contributed by atoms with van der Waals surface area (Å²) in [5, 5.41) is 4.10. The van der Waals surface area contributed by atoms with E-state index in [9.17, 15) is 4.79 Å². The molecule has 0 spiro atoms. The first kappa shape index (κ1) is 16.7. The van der Waals surface area contributed by atoms with Crippen molar-refractivity contribution < 1.29 is 9.32 Å². The molecule has 2 N–H and O–H groups in total. The van der Waals surface area contributed by atoms with Gasteiger partial charge in [0, 0.05) is 30.4 Å². The van der Waals surface area contributed by atoms with Gasteiger partial charge in [-0.3, -0.25) is 9.78 Å². The van der Waals surface area contributed by atoms with Crippen molar-refractivity contribution in [3.63, 3.8) is 0 Å². The number of nitrogens with two attached hydrogens (primary N) is 1. The molecular weight excluding hydrogens is 340 g/mol. The van der Waals surface area contributed by atoms with E-state index in [1.165, 1.54) is 0 Å². The van der Waals surface area contributed by atoms with E-state index in [2.05, 4.69) is 15.1 Å². The van der Waals surface area contributed by atoms with Crippen LogP contribution in [0.2, 0.25) is 0 Å². The maximum Gasteiger partial charge on any atom is 0.211 e. The summed E-state index contributed by atoms with van der Waals surface area (Å²) in [5.41, 5.74) is 9.41. The number of hydrogen-bond acceptors (Lipinski definition) is 6. The first-order valence-corrected chi connectivity index (χ1v) is 8.42. The Morgan fingerprint density at radius 1 is 0.963 bits per heavy atom. The summed E-state index contributed by atoms with van der Waals surface area (Å²) in [6.45, 7) is 0. The zero-order chi connectivity index (χ0) is 18.6. The lowest BCUT2D eigenvalue weighted by molar-refractivity contribution is 0.103. The molecule has 4 rings (SSSR count). The van der Waals surface area contributed by atoms with Crippen molar-refractivity contribution in [1.29, 1.82) is 0 Å². The molecule has 132 valence electrons. The zero-order valence-corrected chi connectivity index (χ0v) is 14.4. The molecule has 1 aromatic carbocycles. The Morgan fingerprint density at radius 2 is 1.78 bits per heavy atom. The molecular formula is C21H16N4O2. The highest BCUT2D eigenvalue weighted by atomic mass is 16.5. The van der Waals surface area contributed by atoms with Crippen molar-refractivity contribution in [2.75, 3.05) is 5.73 Å². The third-order valence-corrected chi connectivity index (χ3v) is 4.16. The Bertz CT molecular complexity index is 1070. The minimum Gasteiger partial charge on any atom is -0.383 e. The third-order valence-electron chi connectivity index (χ3n) is 4.16. The van der Waals surface area contributed by atoms with Crippen molar-refractivity contribution in [3.8, 4) is 11.3 Å². The molecule has 0 aliphatic heterocycles. The minimum absolute atomic E-state index is 0.0991. The maximum atomic E-state index is 12.4. The first-order valence-electron chi connectivity index (χ1n) is 8.42. The molecule has 0 aliphatic rings. The normalized spacial score (nSPS) is 10.7. The van der Waals surface area contributed by atoms with Crippen LogP contribution in [-0.2, 0) is 6.42 Å². The summed E-state index contributed by atoms with van der Waals surface area (Å²) in [5.74, 6) is 0.882. The number of nitrogen functional groups attached to an aromatic ring is 1. The highest BCUT2D eigenvalue weighted by Gasteiger charge is 2.12. The lowest BCUT2D eigenvalue weighted by Gasteiger charge is -2.02. The molecule has 0 saturated carbocycles. The molecule has 6 heteroatoms. The average Bonchev–Trinajstić information content (AvgIpc) is 3.17. The largest absolute Gasteiger partial charge is 0.383 e. The number of carbonyl (C=O) groups is 1. The van der Waals surface area contributed by atoms with E-state index in [0.717, 1.165) is 11.3 Å². The van der Waals surface area contributed by atoms with E-state index in [4.69, 9.17) is 10.3 Å². The molecule has 0 radical (unpaired) electrons. The van der Waals surface area contributed by atoms with Gasteiger partial charge in [0.05, 0.1) is 11.3 Å². The fourth-order valence-electron chi connectivity index (χ4n) is 2.78. The van der Waals surface area contributed by atoms with Gasteiger partial charge in [-0.05, 0) is 29.8 Å². The molecule has 0 saturated heterocycles. The predicted molar refractivity (Wildman–Crippen MR) is 101 cm³/mol. The SMILES string of the molecule is Nc1ncccc1-c1cc(Cc2ccc(C(=O)c3ccccn3)cc2)no1. The number of aromatic nitrogens is 3. The second-order valence-electron chi connectivity index (χ2n) is 6.04. The van der Waals surface area contributed by atoms with Gasteiger partial charge in [-0.1, -0.05) is 35.5 Å². The summed E-state index contributed by atoms with van der Waals surface area (Å²) >= 11 is 0. The number of ketones is 1. The fourth-order valence-corrected chi connectivity index (χ4v) is 2.78. The quantitative estimate of drug-likeness (QED) is 0.550. The first-order chi connectivity index (χ1) is 13.2. The van der Waals surface area contributed by atoms with Crippen LogP contribution in [0.25, 0.3) is 11.3 Å². The lowest BCUT2D eigenvalue weighted by atomic mass is 10.0. The van der Waals surface area contributed by atoms with Gasteiger partial charge < -0.3 is 10.3 Å². The topological polar surface area (TPSA) is 94.9 Å². The average molecular weight is 356 g/mol. The monoisotopic (exact) mass is 356 g/mol. The molecule has 0 unspecified atom stereocenters. The van der Waals surface area contributed by atoms with Gasteiger partial charge in [0.25, 0.3) is 0 Å². The van der Waals surface area contributed by atoms with Gasteiger partial charge in [-0.15, -0.1) is 0 Å². The maximum absolute atomic E-state index is 12.4. The van der Waals surface area contributed by atoms with Crippen molar-refractivity contribution in [3.05, 3.63) is 95.6 Å². The molecule has 4 aromatic rings. The van der Waals surface area contributed by atoms with Crippen LogP contribution in [0.1, 0.15) is 27.3 Å². The van der Waals surface area contributed by atoms with E-state index in [-0.39, 0.29) is 5.78 Å². The molecule has 0 atom stereocenters. The zero-order valence-electron chi connectivity index (χ0n) is 14.4. The molecule has 0 aliphatic carbocycles. The summed E-state index contributed by atoms with van der Waals surface area (Å²) < 4.78 is 5.39. The van der Waals surface area contributed by atoms with Crippen LogP contribution in [0.3, 0.4) is 0 Å². The van der Waals surface area contributed by atoms with E-state index in [1.54, 1.807) is 48.8 Å². The van der Waals surface area contributed by atoms with Gasteiger partial charge in [0.15, 0.2) is 5.76 Å². The summed E-state index contributed by atoms with van der Waals surface area (Å²) in [7, 11) is 0.